The molecule has 3 saturated heterocycles. The van der Waals surface area contributed by atoms with E-state index in [2.05, 4.69) is 17.4 Å². The van der Waals surface area contributed by atoms with Gasteiger partial charge in [-0.15, -0.1) is 11.8 Å². The van der Waals surface area contributed by atoms with Crippen molar-refractivity contribution in [3.05, 3.63) is 108 Å². The van der Waals surface area contributed by atoms with E-state index < -0.39 is 35.8 Å². The van der Waals surface area contributed by atoms with Crippen LogP contribution in [0.4, 0.5) is 0 Å². The number of nitrogens with one attached hydrogen (secondary N) is 1. The number of carbonyl (C=O) groups is 5. The maximum Gasteiger partial charge on any atom is 0.328 e. The zero-order valence-corrected chi connectivity index (χ0v) is 33.5. The summed E-state index contributed by atoms with van der Waals surface area (Å²) in [7, 11) is 1.36. The molecular formula is C46H57N3O6S. The minimum atomic E-state index is -0.622. The average Bonchev–Trinajstić information content (AvgIpc) is 3.50. The SMILES string of the molecule is COC(=O)[C@@H]1CCC[C@@H]2SCC[C@H](CC(=O)[C@H](CC[C@H](Cc3ccccc3)C(=O)N[C@H]3CCCCN(CCc4ccccc4)C3=O)Cc3ccccc3)C(=O)N21. The molecule has 3 fully saturated rings. The first-order valence-electron chi connectivity index (χ1n) is 20.6. The summed E-state index contributed by atoms with van der Waals surface area (Å²) < 4.78 is 5.09. The number of nitrogens with zero attached hydrogens (tertiary/aromatic N) is 2. The summed E-state index contributed by atoms with van der Waals surface area (Å²) in [4.78, 5) is 73.1. The summed E-state index contributed by atoms with van der Waals surface area (Å²) in [5.41, 5.74) is 3.23. The third-order valence-electron chi connectivity index (χ3n) is 11.8. The number of Topliss-reactive ketones (excluding diaryl/α,β-unsaturated/α-hetero) is 1. The smallest absolute Gasteiger partial charge is 0.328 e. The number of esters is 1. The van der Waals surface area contributed by atoms with Gasteiger partial charge in [0.2, 0.25) is 17.7 Å². The van der Waals surface area contributed by atoms with Crippen LogP contribution in [0, 0.1) is 17.8 Å². The highest BCUT2D eigenvalue weighted by Gasteiger charge is 2.44. The van der Waals surface area contributed by atoms with Crippen LogP contribution in [0.25, 0.3) is 0 Å². The zero-order valence-electron chi connectivity index (χ0n) is 32.7. The molecule has 0 radical (unpaired) electrons. The number of likely N-dealkylation sites (tertiary alicyclic amines) is 1. The number of ether oxygens (including phenoxy) is 1. The number of carbonyl (C=O) groups excluding carboxylic acids is 5. The highest BCUT2D eigenvalue weighted by Crippen LogP contribution is 2.38. The van der Waals surface area contributed by atoms with Crippen molar-refractivity contribution >= 4 is 41.2 Å². The predicted octanol–water partition coefficient (Wildman–Crippen LogP) is 6.82. The first-order chi connectivity index (χ1) is 27.3. The van der Waals surface area contributed by atoms with E-state index in [9.17, 15) is 24.0 Å². The van der Waals surface area contributed by atoms with Gasteiger partial charge in [0.15, 0.2) is 0 Å². The topological polar surface area (TPSA) is 113 Å². The number of ketones is 1. The second kappa shape index (κ2) is 20.6. The second-order valence-corrected chi connectivity index (χ2v) is 17.0. The molecular weight excluding hydrogens is 723 g/mol. The van der Waals surface area contributed by atoms with Crippen LogP contribution >= 0.6 is 11.8 Å². The van der Waals surface area contributed by atoms with Crippen molar-refractivity contribution in [3.63, 3.8) is 0 Å². The Morgan fingerprint density at radius 1 is 0.750 bits per heavy atom. The molecule has 6 atom stereocenters. The quantitative estimate of drug-likeness (QED) is 0.159. The van der Waals surface area contributed by atoms with Gasteiger partial charge in [0.1, 0.15) is 17.9 Å². The minimum absolute atomic E-state index is 0.00848. The molecule has 3 aliphatic rings. The Bertz CT molecular complexity index is 1760. The Hall–Kier alpha value is -4.44. The number of fused-ring (bicyclic) bond motifs is 1. The Morgan fingerprint density at radius 2 is 1.38 bits per heavy atom. The van der Waals surface area contributed by atoms with Gasteiger partial charge in [0.25, 0.3) is 0 Å². The maximum atomic E-state index is 14.4. The predicted molar refractivity (Wildman–Crippen MR) is 219 cm³/mol. The number of hydrogen-bond acceptors (Lipinski definition) is 7. The molecule has 6 rings (SSSR count). The van der Waals surface area contributed by atoms with E-state index in [0.717, 1.165) is 49.0 Å². The van der Waals surface area contributed by atoms with E-state index in [-0.39, 0.29) is 35.3 Å². The molecule has 3 heterocycles. The largest absolute Gasteiger partial charge is 0.467 e. The number of amides is 3. The minimum Gasteiger partial charge on any atom is -0.467 e. The van der Waals surface area contributed by atoms with Crippen LogP contribution in [-0.2, 0) is 48.0 Å². The van der Waals surface area contributed by atoms with Gasteiger partial charge in [-0.3, -0.25) is 19.2 Å². The molecule has 56 heavy (non-hydrogen) atoms. The third-order valence-corrected chi connectivity index (χ3v) is 13.1. The molecule has 0 saturated carbocycles. The maximum absolute atomic E-state index is 14.4. The van der Waals surface area contributed by atoms with E-state index in [1.54, 1.807) is 16.7 Å². The Labute approximate surface area is 336 Å². The van der Waals surface area contributed by atoms with Gasteiger partial charge in [0, 0.05) is 37.3 Å². The Morgan fingerprint density at radius 3 is 2.04 bits per heavy atom. The molecule has 9 nitrogen and oxygen atoms in total. The van der Waals surface area contributed by atoms with Crippen molar-refractivity contribution in [2.24, 2.45) is 17.8 Å². The van der Waals surface area contributed by atoms with Gasteiger partial charge in [0.05, 0.1) is 12.5 Å². The van der Waals surface area contributed by atoms with Crippen LogP contribution < -0.4 is 5.32 Å². The molecule has 3 amide bonds. The summed E-state index contributed by atoms with van der Waals surface area (Å²) in [5, 5.41) is 3.09. The van der Waals surface area contributed by atoms with Crippen molar-refractivity contribution < 1.29 is 28.7 Å². The first kappa shape index (κ1) is 41.2. The lowest BCUT2D eigenvalue weighted by atomic mass is 9.82. The Balaban J connectivity index is 1.17. The van der Waals surface area contributed by atoms with Crippen molar-refractivity contribution in [1.29, 1.82) is 0 Å². The van der Waals surface area contributed by atoms with E-state index in [1.165, 1.54) is 12.7 Å². The highest BCUT2D eigenvalue weighted by molar-refractivity contribution is 7.99. The molecule has 298 valence electrons. The molecule has 3 aromatic rings. The first-order valence-corrected chi connectivity index (χ1v) is 21.6. The molecule has 0 aromatic heterocycles. The number of benzene rings is 3. The van der Waals surface area contributed by atoms with Crippen LogP contribution in [0.1, 0.15) is 80.9 Å². The summed E-state index contributed by atoms with van der Waals surface area (Å²) in [6.07, 6.45) is 7.93. The Kier molecular flexibility index (Phi) is 15.2. The van der Waals surface area contributed by atoms with Crippen LogP contribution in [0.3, 0.4) is 0 Å². The van der Waals surface area contributed by atoms with Crippen LogP contribution in [0.5, 0.6) is 0 Å². The van der Waals surface area contributed by atoms with Gasteiger partial charge in [-0.2, -0.15) is 0 Å². The number of thioether (sulfide) groups is 1. The van der Waals surface area contributed by atoms with Crippen LogP contribution in [0.15, 0.2) is 91.0 Å². The third kappa shape index (κ3) is 11.1. The summed E-state index contributed by atoms with van der Waals surface area (Å²) in [5.74, 6) is -1.35. The van der Waals surface area contributed by atoms with Crippen molar-refractivity contribution in [2.45, 2.75) is 101 Å². The number of hydrogen-bond donors (Lipinski definition) is 1. The van der Waals surface area contributed by atoms with Gasteiger partial charge in [-0.05, 0) is 99.5 Å². The van der Waals surface area contributed by atoms with E-state index in [1.807, 2.05) is 83.8 Å². The lowest BCUT2D eigenvalue weighted by Gasteiger charge is -2.40. The van der Waals surface area contributed by atoms with Crippen molar-refractivity contribution in [1.82, 2.24) is 15.1 Å². The standard InChI is InChI=1S/C46H57N3O6S/c1-55-46(54)40-21-13-22-42-49(40)44(52)38(26-29-56-42)32-41(50)36(30-34-16-7-3-8-17-34)23-24-37(31-35-18-9-4-10-19-35)43(51)47-39-20-11-12-27-48(45(39)53)28-25-33-14-5-2-6-15-33/h2-10,14-19,36-40,42H,11-13,20-32H2,1H3,(H,47,51)/t36-,37-,38-,39+,40+,42+/m1/s1. The highest BCUT2D eigenvalue weighted by atomic mass is 32.2. The van der Waals surface area contributed by atoms with E-state index in [4.69, 9.17) is 4.74 Å². The zero-order chi connectivity index (χ0) is 39.3. The monoisotopic (exact) mass is 779 g/mol. The summed E-state index contributed by atoms with van der Waals surface area (Å²) in [6.45, 7) is 1.29. The van der Waals surface area contributed by atoms with Gasteiger partial charge >= 0.3 is 5.97 Å². The number of rotatable bonds is 16. The molecule has 3 aliphatic heterocycles. The number of methoxy groups -OCH3 is 1. The van der Waals surface area contributed by atoms with Gasteiger partial charge in [-0.1, -0.05) is 91.0 Å². The normalized spacial score (nSPS) is 22.6. The fraction of sp³-hybridized carbons (Fsp3) is 0.500. The van der Waals surface area contributed by atoms with Gasteiger partial charge in [-0.25, -0.2) is 4.79 Å². The fourth-order valence-corrected chi connectivity index (χ4v) is 10.1. The van der Waals surface area contributed by atoms with E-state index >= 15 is 0 Å². The molecule has 0 spiro atoms. The fourth-order valence-electron chi connectivity index (χ4n) is 8.63. The van der Waals surface area contributed by atoms with E-state index in [0.29, 0.717) is 58.0 Å². The van der Waals surface area contributed by atoms with Crippen molar-refractivity contribution in [2.75, 3.05) is 26.0 Å². The molecule has 10 heteroatoms. The van der Waals surface area contributed by atoms with Crippen LogP contribution in [-0.4, -0.2) is 82.7 Å². The second-order valence-electron chi connectivity index (χ2n) is 15.7. The average molecular weight is 780 g/mol. The lowest BCUT2D eigenvalue weighted by molar-refractivity contribution is -0.157. The summed E-state index contributed by atoms with van der Waals surface area (Å²) >= 11 is 1.70. The van der Waals surface area contributed by atoms with Gasteiger partial charge < -0.3 is 19.9 Å². The lowest BCUT2D eigenvalue weighted by Crippen LogP contribution is -2.53. The van der Waals surface area contributed by atoms with Crippen LogP contribution in [0.2, 0.25) is 0 Å². The van der Waals surface area contributed by atoms with Crippen molar-refractivity contribution in [3.8, 4) is 0 Å². The summed E-state index contributed by atoms with van der Waals surface area (Å²) in [6, 6.07) is 28.8. The molecule has 1 N–H and O–H groups in total. The molecule has 0 aliphatic carbocycles. The molecule has 0 bridgehead atoms. The number of piperidine rings is 1. The molecule has 0 unspecified atom stereocenters. The molecule has 3 aromatic carbocycles.